The minimum atomic E-state index is -5.31. The number of nitrogens with zero attached hydrogens (tertiary/aromatic N) is 2. The first-order chi connectivity index (χ1) is 44.4. The average Bonchev–Trinajstić information content (AvgIpc) is 0.953. The van der Waals surface area contributed by atoms with Crippen LogP contribution in [0.25, 0.3) is 5.69 Å². The van der Waals surface area contributed by atoms with Crippen LogP contribution < -0.4 is 5.56 Å². The van der Waals surface area contributed by atoms with Crippen LogP contribution >= 0.6 is 0 Å². The first-order valence-electron chi connectivity index (χ1n) is 32.4. The van der Waals surface area contributed by atoms with Crippen LogP contribution in [-0.2, 0) is 70.8 Å². The largest absolute Gasteiger partial charge is 0.459 e. The van der Waals surface area contributed by atoms with Crippen LogP contribution in [0.2, 0.25) is 0 Å². The second kappa shape index (κ2) is 35.8. The van der Waals surface area contributed by atoms with Crippen molar-refractivity contribution in [2.24, 2.45) is 0 Å². The number of hydrogen-bond donors (Lipinski definition) is 0. The molecule has 0 amide bonds. The van der Waals surface area contributed by atoms with Crippen LogP contribution in [0.3, 0.4) is 0 Å². The third-order valence-electron chi connectivity index (χ3n) is 17.4. The highest BCUT2D eigenvalue weighted by molar-refractivity contribution is 5.84. The van der Waals surface area contributed by atoms with E-state index in [1.54, 1.807) is 37.3 Å². The van der Waals surface area contributed by atoms with Crippen molar-refractivity contribution >= 4 is 17.9 Å². The van der Waals surface area contributed by atoms with Crippen molar-refractivity contribution in [1.82, 2.24) is 9.78 Å². The molecular formula is C71H89F9N2O11. The third kappa shape index (κ3) is 19.3. The zero-order valence-corrected chi connectivity index (χ0v) is 53.8. The second-order valence-electron chi connectivity index (χ2n) is 23.9. The molecule has 0 unspecified atom stereocenters. The van der Waals surface area contributed by atoms with Gasteiger partial charge in [0, 0.05) is 50.0 Å². The molecular weight excluding hydrogens is 1230 g/mol. The number of ether oxygens (including phenoxy) is 7. The van der Waals surface area contributed by atoms with Gasteiger partial charge in [0.25, 0.3) is 22.4 Å². The van der Waals surface area contributed by atoms with Crippen LogP contribution in [0.5, 0.6) is 0 Å². The molecule has 0 saturated carbocycles. The van der Waals surface area contributed by atoms with E-state index in [0.717, 1.165) is 103 Å². The van der Waals surface area contributed by atoms with E-state index in [1.807, 2.05) is 0 Å². The Morgan fingerprint density at radius 2 is 0.806 bits per heavy atom. The van der Waals surface area contributed by atoms with Gasteiger partial charge in [0.15, 0.2) is 0 Å². The fraction of sp³-hybridized carbons (Fsp3) is 0.563. The molecule has 1 aromatic heterocycles. The molecule has 512 valence electrons. The SMILES string of the molecule is CCCCCCCCCCCC[C@@H](OC(=O)[C@](OC)(c1ccccc1)C(F)(F)F)[C@H]1CC[C@H]([C@@H](CCCCCCCCCC[C@H](Cc2cc(C)nn(-c3ccccc3)c2=O)OC(=O)[C@](OC)(c2ccccc2)C(F)(F)F)OC(=O)[C@](OC)(c2ccccc2)C(F)(F)F)O1. The Morgan fingerprint density at radius 3 is 1.15 bits per heavy atom. The summed E-state index contributed by atoms with van der Waals surface area (Å²) in [7, 11) is 2.29. The summed E-state index contributed by atoms with van der Waals surface area (Å²) in [5, 5.41) is 4.36. The number of alkyl halides is 9. The van der Waals surface area contributed by atoms with Crippen molar-refractivity contribution < 1.29 is 87.1 Å². The van der Waals surface area contributed by atoms with E-state index < -0.39 is 106 Å². The summed E-state index contributed by atoms with van der Waals surface area (Å²) in [6, 6.07) is 29.1. The quantitative estimate of drug-likeness (QED) is 0.0159. The van der Waals surface area contributed by atoms with Gasteiger partial charge in [0.2, 0.25) is 0 Å². The zero-order chi connectivity index (χ0) is 67.7. The fourth-order valence-electron chi connectivity index (χ4n) is 12.3. The summed E-state index contributed by atoms with van der Waals surface area (Å²) in [5.41, 5.74) is -11.6. The van der Waals surface area contributed by atoms with E-state index >= 15 is 39.5 Å². The normalized spacial score (nSPS) is 17.5. The molecule has 6 rings (SSSR count). The number of aromatic nitrogens is 2. The van der Waals surface area contributed by atoms with Crippen molar-refractivity contribution in [3.05, 3.63) is 166 Å². The lowest BCUT2D eigenvalue weighted by atomic mass is 9.92. The minimum Gasteiger partial charge on any atom is -0.459 e. The number of benzene rings is 4. The monoisotopic (exact) mass is 1320 g/mol. The Bertz CT molecular complexity index is 3100. The minimum absolute atomic E-state index is 0.00380. The molecule has 5 aromatic rings. The van der Waals surface area contributed by atoms with Gasteiger partial charge in [-0.05, 0) is 76.5 Å². The number of esters is 3. The van der Waals surface area contributed by atoms with E-state index in [1.165, 1.54) is 71.8 Å². The first kappa shape index (κ1) is 75.4. The Labute approximate surface area is 539 Å². The Hall–Kier alpha value is -6.62. The molecule has 0 N–H and O–H groups in total. The highest BCUT2D eigenvalue weighted by Crippen LogP contribution is 2.47. The molecule has 13 nitrogen and oxygen atoms in total. The Balaban J connectivity index is 1.15. The topological polar surface area (TPSA) is 151 Å². The number of halogens is 9. The van der Waals surface area contributed by atoms with Crippen molar-refractivity contribution in [1.29, 1.82) is 0 Å². The third-order valence-corrected chi connectivity index (χ3v) is 17.4. The first-order valence-corrected chi connectivity index (χ1v) is 32.4. The predicted octanol–water partition coefficient (Wildman–Crippen LogP) is 16.9. The van der Waals surface area contributed by atoms with Gasteiger partial charge >= 0.3 is 36.4 Å². The summed E-state index contributed by atoms with van der Waals surface area (Å²) in [6.45, 7) is 3.80. The molecule has 1 fully saturated rings. The number of unbranched alkanes of at least 4 members (excludes halogenated alkanes) is 16. The van der Waals surface area contributed by atoms with Gasteiger partial charge in [-0.25, -0.2) is 14.4 Å². The molecule has 4 aromatic carbocycles. The van der Waals surface area contributed by atoms with E-state index in [4.69, 9.17) is 33.2 Å². The molecule has 1 saturated heterocycles. The lowest BCUT2D eigenvalue weighted by molar-refractivity contribution is -0.281. The zero-order valence-electron chi connectivity index (χ0n) is 53.8. The van der Waals surface area contributed by atoms with Gasteiger partial charge in [-0.3, -0.25) is 4.79 Å². The Kier molecular flexibility index (Phi) is 29.0. The number of rotatable bonds is 39. The Morgan fingerprint density at radius 1 is 0.484 bits per heavy atom. The summed E-state index contributed by atoms with van der Waals surface area (Å²) in [5.74, 6) is -5.16. The van der Waals surface area contributed by atoms with Gasteiger partial charge in [-0.1, -0.05) is 212 Å². The number of aryl methyl sites for hydroxylation is 1. The highest BCUT2D eigenvalue weighted by Gasteiger charge is 2.67. The van der Waals surface area contributed by atoms with Gasteiger partial charge in [-0.15, -0.1) is 0 Å². The maximum atomic E-state index is 15.3. The lowest BCUT2D eigenvalue weighted by Gasteiger charge is -2.36. The number of carbonyl (C=O) groups is 3. The maximum absolute atomic E-state index is 15.3. The van der Waals surface area contributed by atoms with Gasteiger partial charge < -0.3 is 33.2 Å². The molecule has 0 bridgehead atoms. The second-order valence-corrected chi connectivity index (χ2v) is 23.9. The molecule has 1 aliphatic rings. The molecule has 0 spiro atoms. The summed E-state index contributed by atoms with van der Waals surface area (Å²) >= 11 is 0. The average molecular weight is 1320 g/mol. The van der Waals surface area contributed by atoms with E-state index in [2.05, 4.69) is 12.0 Å². The standard InChI is InChI=1S/C71H89F9N2O11/c1-6-7-8-9-10-11-12-16-19-34-45-58(92-64(85)67(88-4,70(75,76)77)54-38-27-22-28-39-54)60-47-48-61(91-60)59(93-65(86)68(89-5,71(78,79)80)55-40-29-23-30-41-55)46-35-20-17-14-13-15-18-33-44-57(50-52-49-51(2)81-82(62(52)83)56-42-31-24-32-43-56)90-63(84)66(87-3,69(72,73)74)53-36-25-21-26-37-53/h21-32,36-43,49,57-61H,6-20,33-35,44-48,50H2,1-5H3/t57-,58-,59-,60-,61-,66-,67-,68-/m1/s1. The molecule has 8 atom stereocenters. The molecule has 1 aliphatic heterocycles. The smallest absolute Gasteiger partial charge is 0.432 e. The molecule has 93 heavy (non-hydrogen) atoms. The summed E-state index contributed by atoms with van der Waals surface area (Å²) in [6.07, 6.45) is -7.71. The van der Waals surface area contributed by atoms with Gasteiger partial charge in [-0.2, -0.15) is 49.3 Å². The number of methoxy groups -OCH3 is 3. The van der Waals surface area contributed by atoms with Crippen LogP contribution in [0.1, 0.15) is 183 Å². The van der Waals surface area contributed by atoms with Crippen LogP contribution in [-0.4, -0.2) is 98.1 Å². The highest BCUT2D eigenvalue weighted by atomic mass is 19.4. The van der Waals surface area contributed by atoms with E-state index in [0.29, 0.717) is 75.6 Å². The van der Waals surface area contributed by atoms with Crippen LogP contribution in [0, 0.1) is 6.92 Å². The summed E-state index contributed by atoms with van der Waals surface area (Å²) in [4.78, 5) is 56.2. The molecule has 0 aliphatic carbocycles. The van der Waals surface area contributed by atoms with Gasteiger partial charge in [0.05, 0.1) is 23.6 Å². The van der Waals surface area contributed by atoms with Crippen molar-refractivity contribution in [2.75, 3.05) is 21.3 Å². The van der Waals surface area contributed by atoms with E-state index in [-0.39, 0.29) is 44.1 Å². The van der Waals surface area contributed by atoms with Crippen LogP contribution in [0.15, 0.2) is 132 Å². The molecule has 2 heterocycles. The predicted molar refractivity (Wildman–Crippen MR) is 332 cm³/mol. The fourth-order valence-corrected chi connectivity index (χ4v) is 12.3. The lowest BCUT2D eigenvalue weighted by Crippen LogP contribution is -2.53. The van der Waals surface area contributed by atoms with Crippen molar-refractivity contribution in [3.8, 4) is 5.69 Å². The molecule has 22 heteroatoms. The number of para-hydroxylation sites is 1. The molecule has 0 radical (unpaired) electrons. The number of carbonyl (C=O) groups excluding carboxylic acids is 3. The number of hydrogen-bond acceptors (Lipinski definition) is 12. The van der Waals surface area contributed by atoms with Crippen molar-refractivity contribution in [3.63, 3.8) is 0 Å². The summed E-state index contributed by atoms with van der Waals surface area (Å²) < 4.78 is 177. The van der Waals surface area contributed by atoms with Gasteiger partial charge in [0.1, 0.15) is 18.3 Å². The van der Waals surface area contributed by atoms with E-state index in [9.17, 15) is 19.2 Å². The maximum Gasteiger partial charge on any atom is 0.432 e. The van der Waals surface area contributed by atoms with Crippen LogP contribution in [0.4, 0.5) is 39.5 Å². The van der Waals surface area contributed by atoms with Crippen molar-refractivity contribution in [2.45, 2.75) is 234 Å².